The Hall–Kier alpha value is -1.29. The van der Waals surface area contributed by atoms with Crippen LogP contribution in [0.15, 0.2) is 18.2 Å². The standard InChI is InChI=1S/C14H15N/c15-9-10-4-7-13-11-2-1-3-12(6-5-11)14(13)8-10/h4,7-8,11-12H,1-3,5-6H2. The van der Waals surface area contributed by atoms with Gasteiger partial charge >= 0.3 is 0 Å². The molecule has 76 valence electrons. The molecule has 0 amide bonds. The van der Waals surface area contributed by atoms with E-state index in [1.54, 1.807) is 5.56 Å². The Morgan fingerprint density at radius 2 is 1.73 bits per heavy atom. The van der Waals surface area contributed by atoms with Crippen molar-refractivity contribution in [1.29, 1.82) is 5.26 Å². The first-order valence-corrected chi connectivity index (χ1v) is 5.92. The number of hydrogen-bond donors (Lipinski definition) is 0. The molecule has 2 atom stereocenters. The first kappa shape index (κ1) is 8.97. The molecule has 0 heterocycles. The molecule has 3 aliphatic rings. The number of hydrogen-bond acceptors (Lipinski definition) is 1. The molecular formula is C14H15N. The van der Waals surface area contributed by atoms with Crippen LogP contribution >= 0.6 is 0 Å². The molecule has 1 fully saturated rings. The van der Waals surface area contributed by atoms with Gasteiger partial charge in [-0.15, -0.1) is 0 Å². The number of nitrogens with zero attached hydrogens (tertiary/aromatic N) is 1. The zero-order valence-corrected chi connectivity index (χ0v) is 8.87. The minimum absolute atomic E-state index is 0.743. The van der Waals surface area contributed by atoms with Gasteiger partial charge in [-0.25, -0.2) is 0 Å². The van der Waals surface area contributed by atoms with E-state index in [0.29, 0.717) is 0 Å². The van der Waals surface area contributed by atoms with Gasteiger partial charge in [0, 0.05) is 0 Å². The smallest absolute Gasteiger partial charge is 0.0991 e. The van der Waals surface area contributed by atoms with E-state index in [0.717, 1.165) is 17.4 Å². The third-order valence-corrected chi connectivity index (χ3v) is 4.06. The third kappa shape index (κ3) is 1.36. The topological polar surface area (TPSA) is 23.8 Å². The summed E-state index contributed by atoms with van der Waals surface area (Å²) in [5.74, 6) is 1.53. The summed E-state index contributed by atoms with van der Waals surface area (Å²) < 4.78 is 0. The first-order valence-electron chi connectivity index (χ1n) is 5.92. The normalized spacial score (nSPS) is 27.9. The molecule has 1 heteroatoms. The Kier molecular flexibility index (Phi) is 2.02. The van der Waals surface area contributed by atoms with Gasteiger partial charge in [-0.2, -0.15) is 5.26 Å². The van der Waals surface area contributed by atoms with Crippen molar-refractivity contribution in [3.05, 3.63) is 34.9 Å². The molecule has 15 heavy (non-hydrogen) atoms. The second-order valence-electron chi connectivity index (χ2n) is 4.86. The third-order valence-electron chi connectivity index (χ3n) is 4.06. The number of fused-ring (bicyclic) bond motifs is 3. The highest BCUT2D eigenvalue weighted by Gasteiger charge is 2.30. The van der Waals surface area contributed by atoms with Crippen LogP contribution in [0, 0.1) is 11.3 Å². The maximum absolute atomic E-state index is 8.93. The Balaban J connectivity index is 2.15. The zero-order valence-electron chi connectivity index (χ0n) is 8.87. The molecule has 0 N–H and O–H groups in total. The van der Waals surface area contributed by atoms with E-state index in [-0.39, 0.29) is 0 Å². The van der Waals surface area contributed by atoms with E-state index in [1.807, 2.05) is 6.07 Å². The van der Waals surface area contributed by atoms with Gasteiger partial charge in [0.1, 0.15) is 0 Å². The van der Waals surface area contributed by atoms with Gasteiger partial charge in [0.25, 0.3) is 0 Å². The second-order valence-corrected chi connectivity index (χ2v) is 4.86. The molecule has 0 aliphatic heterocycles. The second kappa shape index (κ2) is 3.38. The van der Waals surface area contributed by atoms with E-state index in [4.69, 9.17) is 5.26 Å². The van der Waals surface area contributed by atoms with E-state index in [9.17, 15) is 0 Å². The van der Waals surface area contributed by atoms with E-state index >= 15 is 0 Å². The van der Waals surface area contributed by atoms with Gasteiger partial charge in [-0.05, 0) is 60.8 Å². The van der Waals surface area contributed by atoms with Crippen LogP contribution in [0.4, 0.5) is 0 Å². The van der Waals surface area contributed by atoms with Crippen LogP contribution in [0.5, 0.6) is 0 Å². The van der Waals surface area contributed by atoms with Crippen LogP contribution in [-0.4, -0.2) is 0 Å². The summed E-state index contributed by atoms with van der Waals surface area (Å²) in [6.45, 7) is 0. The van der Waals surface area contributed by atoms with Gasteiger partial charge in [-0.3, -0.25) is 0 Å². The monoisotopic (exact) mass is 197 g/mol. The number of nitriles is 1. The lowest BCUT2D eigenvalue weighted by Crippen LogP contribution is -2.10. The molecular weight excluding hydrogens is 182 g/mol. The molecule has 0 saturated heterocycles. The Morgan fingerprint density at radius 1 is 1.00 bits per heavy atom. The van der Waals surface area contributed by atoms with Crippen molar-refractivity contribution in [3.8, 4) is 6.07 Å². The van der Waals surface area contributed by atoms with Crippen molar-refractivity contribution in [3.63, 3.8) is 0 Å². The fourth-order valence-corrected chi connectivity index (χ4v) is 3.29. The Morgan fingerprint density at radius 3 is 2.47 bits per heavy atom. The average Bonchev–Trinajstić information content (AvgIpc) is 2.62. The van der Waals surface area contributed by atoms with Crippen LogP contribution in [0.25, 0.3) is 0 Å². The van der Waals surface area contributed by atoms with Crippen molar-refractivity contribution in [2.45, 2.75) is 43.9 Å². The number of benzene rings is 1. The van der Waals surface area contributed by atoms with Crippen LogP contribution in [0.2, 0.25) is 0 Å². The molecule has 0 radical (unpaired) electrons. The first-order chi connectivity index (χ1) is 7.38. The molecule has 1 aromatic rings. The van der Waals surface area contributed by atoms with Gasteiger partial charge in [0.2, 0.25) is 0 Å². The van der Waals surface area contributed by atoms with Crippen molar-refractivity contribution in [2.75, 3.05) is 0 Å². The minimum atomic E-state index is 0.743. The zero-order chi connectivity index (χ0) is 10.3. The van der Waals surface area contributed by atoms with Crippen LogP contribution in [0.1, 0.15) is 60.6 Å². The molecule has 0 aromatic heterocycles. The molecule has 2 bridgehead atoms. The van der Waals surface area contributed by atoms with Gasteiger partial charge in [0.05, 0.1) is 11.6 Å². The summed E-state index contributed by atoms with van der Waals surface area (Å²) in [5.41, 5.74) is 3.87. The van der Waals surface area contributed by atoms with E-state index < -0.39 is 0 Å². The van der Waals surface area contributed by atoms with Crippen LogP contribution in [0.3, 0.4) is 0 Å². The molecule has 4 rings (SSSR count). The van der Waals surface area contributed by atoms with Crippen molar-refractivity contribution >= 4 is 0 Å². The highest BCUT2D eigenvalue weighted by atomic mass is 14.3. The summed E-state index contributed by atoms with van der Waals surface area (Å²) in [6, 6.07) is 8.58. The maximum atomic E-state index is 8.93. The fourth-order valence-electron chi connectivity index (χ4n) is 3.29. The quantitative estimate of drug-likeness (QED) is 0.622. The average molecular weight is 197 g/mol. The fraction of sp³-hybridized carbons (Fsp3) is 0.500. The van der Waals surface area contributed by atoms with Crippen molar-refractivity contribution in [2.24, 2.45) is 0 Å². The van der Waals surface area contributed by atoms with Crippen molar-refractivity contribution < 1.29 is 0 Å². The largest absolute Gasteiger partial charge is 0.192 e. The molecule has 3 aliphatic carbocycles. The predicted octanol–water partition coefficient (Wildman–Crippen LogP) is 3.70. The summed E-state index contributed by atoms with van der Waals surface area (Å²) in [7, 11) is 0. The summed E-state index contributed by atoms with van der Waals surface area (Å²) in [5, 5.41) is 8.93. The summed E-state index contributed by atoms with van der Waals surface area (Å²) in [6.07, 6.45) is 6.76. The number of rotatable bonds is 0. The molecule has 0 spiro atoms. The highest BCUT2D eigenvalue weighted by Crippen LogP contribution is 2.47. The Bertz CT molecular complexity index is 423. The highest BCUT2D eigenvalue weighted by molar-refractivity contribution is 5.43. The Labute approximate surface area is 90.7 Å². The molecule has 1 aromatic carbocycles. The van der Waals surface area contributed by atoms with E-state index in [2.05, 4.69) is 18.2 Å². The summed E-state index contributed by atoms with van der Waals surface area (Å²) >= 11 is 0. The lowest BCUT2D eigenvalue weighted by molar-refractivity contribution is 0.527. The lowest BCUT2D eigenvalue weighted by atomic mass is 9.78. The van der Waals surface area contributed by atoms with Gasteiger partial charge in [-0.1, -0.05) is 12.5 Å². The molecule has 1 saturated carbocycles. The maximum Gasteiger partial charge on any atom is 0.0991 e. The van der Waals surface area contributed by atoms with E-state index in [1.165, 1.54) is 37.7 Å². The van der Waals surface area contributed by atoms with Crippen LogP contribution < -0.4 is 0 Å². The summed E-state index contributed by atoms with van der Waals surface area (Å²) in [4.78, 5) is 0. The van der Waals surface area contributed by atoms with Crippen LogP contribution in [-0.2, 0) is 0 Å². The predicted molar refractivity (Wildman–Crippen MR) is 59.7 cm³/mol. The minimum Gasteiger partial charge on any atom is -0.192 e. The van der Waals surface area contributed by atoms with Gasteiger partial charge < -0.3 is 0 Å². The SMILES string of the molecule is N#Cc1ccc2c(c1)C1CCCC2CC1. The van der Waals surface area contributed by atoms with Crippen molar-refractivity contribution in [1.82, 2.24) is 0 Å². The van der Waals surface area contributed by atoms with Gasteiger partial charge in [0.15, 0.2) is 0 Å². The lowest BCUT2D eigenvalue weighted by Gasteiger charge is -2.27. The molecule has 1 nitrogen and oxygen atoms in total. The molecule has 2 unspecified atom stereocenters.